The van der Waals surface area contributed by atoms with Crippen LogP contribution in [0.1, 0.15) is 16.5 Å². The standard InChI is InChI=1S/C15H14ClIO2/c1-18-13-7-6-11(9-14(13)19-2)15(16)10-4-3-5-12(17)8-10/h3-9,15H,1-2H3. The average molecular weight is 389 g/mol. The SMILES string of the molecule is COc1ccc(C(Cl)c2cccc(I)c2)cc1OC. The highest BCUT2D eigenvalue weighted by Gasteiger charge is 2.14. The number of ether oxygens (including phenoxy) is 2. The van der Waals surface area contributed by atoms with Crippen molar-refractivity contribution in [1.29, 1.82) is 0 Å². The summed E-state index contributed by atoms with van der Waals surface area (Å²) in [5.74, 6) is 1.40. The molecule has 0 N–H and O–H groups in total. The summed E-state index contributed by atoms with van der Waals surface area (Å²) in [4.78, 5) is 0. The van der Waals surface area contributed by atoms with Gasteiger partial charge in [0.1, 0.15) is 0 Å². The first-order valence-electron chi connectivity index (χ1n) is 5.77. The van der Waals surface area contributed by atoms with Crippen LogP contribution < -0.4 is 9.47 Å². The Bertz CT molecular complexity index is 572. The van der Waals surface area contributed by atoms with E-state index in [2.05, 4.69) is 28.7 Å². The van der Waals surface area contributed by atoms with Crippen molar-refractivity contribution in [2.75, 3.05) is 14.2 Å². The van der Waals surface area contributed by atoms with E-state index in [0.717, 1.165) is 11.1 Å². The van der Waals surface area contributed by atoms with Crippen LogP contribution in [0.5, 0.6) is 11.5 Å². The zero-order valence-corrected chi connectivity index (χ0v) is 13.6. The van der Waals surface area contributed by atoms with Crippen molar-refractivity contribution >= 4 is 34.2 Å². The van der Waals surface area contributed by atoms with E-state index in [-0.39, 0.29) is 5.38 Å². The molecule has 19 heavy (non-hydrogen) atoms. The Labute approximate surface area is 131 Å². The van der Waals surface area contributed by atoms with Gasteiger partial charge in [0.2, 0.25) is 0 Å². The number of methoxy groups -OCH3 is 2. The van der Waals surface area contributed by atoms with Crippen LogP contribution in [0.15, 0.2) is 42.5 Å². The molecule has 0 aromatic heterocycles. The fraction of sp³-hybridized carbons (Fsp3) is 0.200. The van der Waals surface area contributed by atoms with E-state index in [9.17, 15) is 0 Å². The Morgan fingerprint density at radius 3 is 2.26 bits per heavy atom. The highest BCUT2D eigenvalue weighted by Crippen LogP contribution is 2.35. The van der Waals surface area contributed by atoms with Gasteiger partial charge in [0.15, 0.2) is 11.5 Å². The quantitative estimate of drug-likeness (QED) is 0.561. The second-order valence-electron chi connectivity index (χ2n) is 4.03. The van der Waals surface area contributed by atoms with Crippen LogP contribution in [0.25, 0.3) is 0 Å². The molecule has 0 aliphatic carbocycles. The lowest BCUT2D eigenvalue weighted by Crippen LogP contribution is -1.96. The lowest BCUT2D eigenvalue weighted by molar-refractivity contribution is 0.354. The van der Waals surface area contributed by atoms with Crippen LogP contribution in [0.3, 0.4) is 0 Å². The number of rotatable bonds is 4. The van der Waals surface area contributed by atoms with Crippen LogP contribution >= 0.6 is 34.2 Å². The monoisotopic (exact) mass is 388 g/mol. The first-order chi connectivity index (χ1) is 9.15. The molecule has 0 aliphatic heterocycles. The molecule has 0 saturated heterocycles. The maximum atomic E-state index is 6.53. The number of halogens is 2. The zero-order chi connectivity index (χ0) is 13.8. The van der Waals surface area contributed by atoms with Gasteiger partial charge in [0, 0.05) is 3.57 Å². The topological polar surface area (TPSA) is 18.5 Å². The van der Waals surface area contributed by atoms with Gasteiger partial charge in [-0.15, -0.1) is 11.6 Å². The second-order valence-corrected chi connectivity index (χ2v) is 5.71. The lowest BCUT2D eigenvalue weighted by atomic mass is 10.0. The molecular formula is C15H14ClIO2. The second kappa shape index (κ2) is 6.48. The number of hydrogen-bond acceptors (Lipinski definition) is 2. The van der Waals surface area contributed by atoms with Crippen LogP contribution in [0, 0.1) is 3.57 Å². The summed E-state index contributed by atoms with van der Waals surface area (Å²) in [6.45, 7) is 0. The van der Waals surface area contributed by atoms with Crippen molar-refractivity contribution in [2.24, 2.45) is 0 Å². The highest BCUT2D eigenvalue weighted by molar-refractivity contribution is 14.1. The molecule has 1 atom stereocenters. The van der Waals surface area contributed by atoms with Crippen molar-refractivity contribution in [1.82, 2.24) is 0 Å². The van der Waals surface area contributed by atoms with Crippen LogP contribution in [0.2, 0.25) is 0 Å². The summed E-state index contributed by atoms with van der Waals surface area (Å²) < 4.78 is 11.7. The van der Waals surface area contributed by atoms with Crippen LogP contribution in [-0.4, -0.2) is 14.2 Å². The Kier molecular flexibility index (Phi) is 4.93. The van der Waals surface area contributed by atoms with Crippen molar-refractivity contribution in [3.8, 4) is 11.5 Å². The first-order valence-corrected chi connectivity index (χ1v) is 7.28. The third kappa shape index (κ3) is 3.34. The fourth-order valence-electron chi connectivity index (χ4n) is 1.87. The van der Waals surface area contributed by atoms with E-state index in [1.807, 2.05) is 36.4 Å². The van der Waals surface area contributed by atoms with E-state index < -0.39 is 0 Å². The molecule has 2 nitrogen and oxygen atoms in total. The molecular weight excluding hydrogens is 375 g/mol. The average Bonchev–Trinajstić information content (AvgIpc) is 2.45. The molecule has 2 aromatic carbocycles. The van der Waals surface area contributed by atoms with E-state index >= 15 is 0 Å². The molecule has 0 saturated carbocycles. The number of alkyl halides is 1. The van der Waals surface area contributed by atoms with Gasteiger partial charge in [-0.25, -0.2) is 0 Å². The Hall–Kier alpha value is -0.940. The van der Waals surface area contributed by atoms with E-state index in [0.29, 0.717) is 11.5 Å². The smallest absolute Gasteiger partial charge is 0.161 e. The normalized spacial score (nSPS) is 12.0. The maximum absolute atomic E-state index is 6.53. The summed E-state index contributed by atoms with van der Waals surface area (Å²) in [7, 11) is 3.24. The molecule has 0 amide bonds. The van der Waals surface area contributed by atoms with Crippen molar-refractivity contribution in [3.05, 3.63) is 57.2 Å². The molecule has 0 radical (unpaired) electrons. The third-order valence-corrected chi connectivity index (χ3v) is 4.02. The molecule has 0 aliphatic rings. The minimum atomic E-state index is -0.200. The van der Waals surface area contributed by atoms with E-state index in [1.165, 1.54) is 3.57 Å². The minimum Gasteiger partial charge on any atom is -0.493 e. The molecule has 0 spiro atoms. The molecule has 2 rings (SSSR count). The van der Waals surface area contributed by atoms with Gasteiger partial charge >= 0.3 is 0 Å². The fourth-order valence-corrected chi connectivity index (χ4v) is 2.71. The molecule has 4 heteroatoms. The summed E-state index contributed by atoms with van der Waals surface area (Å²) in [6.07, 6.45) is 0. The Morgan fingerprint density at radius 2 is 1.63 bits per heavy atom. The third-order valence-electron chi connectivity index (χ3n) is 2.84. The maximum Gasteiger partial charge on any atom is 0.161 e. The predicted molar refractivity (Wildman–Crippen MR) is 86.4 cm³/mol. The van der Waals surface area contributed by atoms with Gasteiger partial charge in [-0.1, -0.05) is 18.2 Å². The molecule has 0 bridgehead atoms. The molecule has 0 fully saturated rings. The molecule has 1 unspecified atom stereocenters. The van der Waals surface area contributed by atoms with Crippen LogP contribution in [-0.2, 0) is 0 Å². The van der Waals surface area contributed by atoms with Crippen molar-refractivity contribution < 1.29 is 9.47 Å². The summed E-state index contributed by atoms with van der Waals surface area (Å²) in [6, 6.07) is 13.9. The summed E-state index contributed by atoms with van der Waals surface area (Å²) >= 11 is 8.81. The van der Waals surface area contributed by atoms with Gasteiger partial charge in [-0.05, 0) is 58.0 Å². The lowest BCUT2D eigenvalue weighted by Gasteiger charge is -2.14. The van der Waals surface area contributed by atoms with Gasteiger partial charge < -0.3 is 9.47 Å². The van der Waals surface area contributed by atoms with Crippen LogP contribution in [0.4, 0.5) is 0 Å². The summed E-state index contributed by atoms with van der Waals surface area (Å²) in [5, 5.41) is -0.200. The predicted octanol–water partition coefficient (Wildman–Crippen LogP) is 4.64. The van der Waals surface area contributed by atoms with Gasteiger partial charge in [0.25, 0.3) is 0 Å². The number of benzene rings is 2. The molecule has 100 valence electrons. The Balaban J connectivity index is 2.36. The van der Waals surface area contributed by atoms with E-state index in [4.69, 9.17) is 21.1 Å². The number of hydrogen-bond donors (Lipinski definition) is 0. The largest absolute Gasteiger partial charge is 0.493 e. The van der Waals surface area contributed by atoms with Gasteiger partial charge in [-0.3, -0.25) is 0 Å². The highest BCUT2D eigenvalue weighted by atomic mass is 127. The minimum absolute atomic E-state index is 0.200. The zero-order valence-electron chi connectivity index (χ0n) is 10.7. The van der Waals surface area contributed by atoms with Crippen molar-refractivity contribution in [2.45, 2.75) is 5.38 Å². The first kappa shape index (κ1) is 14.5. The Morgan fingerprint density at radius 1 is 0.947 bits per heavy atom. The molecule has 2 aromatic rings. The van der Waals surface area contributed by atoms with Gasteiger partial charge in [0.05, 0.1) is 19.6 Å². The molecule has 0 heterocycles. The van der Waals surface area contributed by atoms with E-state index in [1.54, 1.807) is 14.2 Å². The van der Waals surface area contributed by atoms with Crippen molar-refractivity contribution in [3.63, 3.8) is 0 Å². The van der Waals surface area contributed by atoms with Gasteiger partial charge in [-0.2, -0.15) is 0 Å². The summed E-state index contributed by atoms with van der Waals surface area (Å²) in [5.41, 5.74) is 2.06.